The molecule has 0 radical (unpaired) electrons. The number of nitrogens with two attached hydrogens (primary N) is 1. The molecule has 0 heterocycles. The van der Waals surface area contributed by atoms with Crippen molar-refractivity contribution in [3.8, 4) is 11.1 Å². The van der Waals surface area contributed by atoms with E-state index in [4.69, 9.17) is 10.5 Å². The van der Waals surface area contributed by atoms with Gasteiger partial charge in [0.15, 0.2) is 6.04 Å². The van der Waals surface area contributed by atoms with Gasteiger partial charge in [-0.3, -0.25) is 4.79 Å². The van der Waals surface area contributed by atoms with Crippen molar-refractivity contribution in [3.05, 3.63) is 59.7 Å². The molecule has 0 saturated carbocycles. The Labute approximate surface area is 209 Å². The first-order valence-corrected chi connectivity index (χ1v) is 11.9. The smallest absolute Gasteiger partial charge is 0.426 e. The van der Waals surface area contributed by atoms with Gasteiger partial charge in [0.1, 0.15) is 6.61 Å². The number of rotatable bonds is 10. The molecule has 36 heavy (non-hydrogen) atoms. The number of carboxylic acid groups (broad SMARTS) is 1. The minimum Gasteiger partial charge on any atom is -0.480 e. The van der Waals surface area contributed by atoms with Gasteiger partial charge in [0.05, 0.1) is 0 Å². The number of benzene rings is 2. The molecule has 1 aliphatic rings. The molecule has 1 aliphatic carbocycles. The van der Waals surface area contributed by atoms with Crippen molar-refractivity contribution in [3.63, 3.8) is 0 Å². The lowest BCUT2D eigenvalue weighted by Gasteiger charge is -2.29. The monoisotopic (exact) mass is 496 g/mol. The Bertz CT molecular complexity index is 1070. The van der Waals surface area contributed by atoms with E-state index >= 15 is 0 Å². The Hall–Kier alpha value is -4.08. The number of hydrazine groups is 1. The van der Waals surface area contributed by atoms with Crippen molar-refractivity contribution in [2.75, 3.05) is 13.2 Å². The summed E-state index contributed by atoms with van der Waals surface area (Å²) < 4.78 is 5.50. The van der Waals surface area contributed by atoms with Crippen molar-refractivity contribution < 1.29 is 29.0 Å². The molecule has 192 valence electrons. The lowest BCUT2D eigenvalue weighted by molar-refractivity contribution is -0.153. The van der Waals surface area contributed by atoms with Gasteiger partial charge < -0.3 is 20.9 Å². The number of carbonyl (C=O) groups is 4. The highest BCUT2D eigenvalue weighted by molar-refractivity contribution is 5.85. The molecule has 1 atom stereocenters. The first-order valence-electron chi connectivity index (χ1n) is 11.9. The number of hydrogen-bond acceptors (Lipinski definition) is 5. The molecular formula is C26H32N4O6. The lowest BCUT2D eigenvalue weighted by atomic mass is 9.98. The van der Waals surface area contributed by atoms with Crippen LogP contribution in [0.2, 0.25) is 0 Å². The second kappa shape index (κ2) is 12.1. The van der Waals surface area contributed by atoms with Gasteiger partial charge in [-0.05, 0) is 41.0 Å². The number of carbonyl (C=O) groups excluding carboxylic acids is 3. The summed E-state index contributed by atoms with van der Waals surface area (Å²) in [5.74, 6) is -2.08. The standard InChI is InChI=1S/C26H32N4O6/c1-16(2)14-23(31)30(22(24(32)33)12-7-13-28-25(27)34)29-26(35)36-15-21-19-10-5-3-8-17(19)18-9-4-6-11-20(18)21/h3-6,8-11,16,21-22H,7,12-15H2,1-2H3,(H,29,35)(H,32,33)(H3,27,28,34)/t22-/m0/s1. The maximum Gasteiger partial charge on any atom is 0.426 e. The van der Waals surface area contributed by atoms with Crippen LogP contribution in [0.25, 0.3) is 11.1 Å². The van der Waals surface area contributed by atoms with E-state index in [1.165, 1.54) is 0 Å². The van der Waals surface area contributed by atoms with Crippen molar-refractivity contribution in [1.82, 2.24) is 15.8 Å². The molecular weight excluding hydrogens is 464 g/mol. The van der Waals surface area contributed by atoms with E-state index < -0.39 is 30.0 Å². The van der Waals surface area contributed by atoms with E-state index in [2.05, 4.69) is 10.7 Å². The summed E-state index contributed by atoms with van der Waals surface area (Å²) in [6.07, 6.45) is -0.663. The van der Waals surface area contributed by atoms with E-state index in [0.29, 0.717) is 0 Å². The van der Waals surface area contributed by atoms with E-state index in [9.17, 15) is 24.3 Å². The summed E-state index contributed by atoms with van der Waals surface area (Å²) in [6.45, 7) is 3.79. The van der Waals surface area contributed by atoms with Crippen LogP contribution in [0, 0.1) is 5.92 Å². The average Bonchev–Trinajstić information content (AvgIpc) is 3.14. The predicted octanol–water partition coefficient (Wildman–Crippen LogP) is 3.22. The first kappa shape index (κ1) is 26.5. The van der Waals surface area contributed by atoms with Crippen LogP contribution in [0.1, 0.15) is 50.2 Å². The number of aliphatic carboxylic acids is 1. The fourth-order valence-corrected chi connectivity index (χ4v) is 4.36. The molecule has 2 aromatic rings. The highest BCUT2D eigenvalue weighted by Gasteiger charge is 2.33. The lowest BCUT2D eigenvalue weighted by Crippen LogP contribution is -2.55. The van der Waals surface area contributed by atoms with Gasteiger partial charge in [0.2, 0.25) is 5.91 Å². The fraction of sp³-hybridized carbons (Fsp3) is 0.385. The average molecular weight is 497 g/mol. The van der Waals surface area contributed by atoms with Crippen molar-refractivity contribution in [2.24, 2.45) is 11.7 Å². The Morgan fingerprint density at radius 1 is 1.03 bits per heavy atom. The number of nitrogens with one attached hydrogen (secondary N) is 2. The first-order chi connectivity index (χ1) is 17.2. The summed E-state index contributed by atoms with van der Waals surface area (Å²) in [5.41, 5.74) is 11.6. The van der Waals surface area contributed by atoms with Gasteiger partial charge in [0.25, 0.3) is 0 Å². The third-order valence-corrected chi connectivity index (χ3v) is 5.96. The van der Waals surface area contributed by atoms with Gasteiger partial charge in [-0.2, -0.15) is 0 Å². The van der Waals surface area contributed by atoms with Gasteiger partial charge in [-0.15, -0.1) is 0 Å². The zero-order valence-corrected chi connectivity index (χ0v) is 20.4. The number of nitrogens with zero attached hydrogens (tertiary/aromatic N) is 1. The van der Waals surface area contributed by atoms with Crippen LogP contribution in [-0.2, 0) is 14.3 Å². The highest BCUT2D eigenvalue weighted by atomic mass is 16.6. The van der Waals surface area contributed by atoms with E-state index in [1.807, 2.05) is 62.4 Å². The molecule has 5 N–H and O–H groups in total. The number of primary amides is 1. The topological polar surface area (TPSA) is 151 Å². The predicted molar refractivity (Wildman–Crippen MR) is 133 cm³/mol. The van der Waals surface area contributed by atoms with Crippen LogP contribution in [-0.4, -0.2) is 53.3 Å². The molecule has 0 bridgehead atoms. The van der Waals surface area contributed by atoms with Crippen LogP contribution in [0.5, 0.6) is 0 Å². The summed E-state index contributed by atoms with van der Waals surface area (Å²) in [5, 5.41) is 13.0. The molecule has 2 aromatic carbocycles. The summed E-state index contributed by atoms with van der Waals surface area (Å²) in [6, 6.07) is 13.7. The van der Waals surface area contributed by atoms with Crippen molar-refractivity contribution >= 4 is 24.0 Å². The van der Waals surface area contributed by atoms with Crippen molar-refractivity contribution in [2.45, 2.75) is 45.1 Å². The van der Waals surface area contributed by atoms with Crippen LogP contribution in [0.3, 0.4) is 0 Å². The molecule has 0 aliphatic heterocycles. The number of ether oxygens (including phenoxy) is 1. The molecule has 0 aromatic heterocycles. The zero-order valence-electron chi connectivity index (χ0n) is 20.4. The van der Waals surface area contributed by atoms with Gasteiger partial charge >= 0.3 is 18.1 Å². The fourth-order valence-electron chi connectivity index (χ4n) is 4.36. The second-order valence-electron chi connectivity index (χ2n) is 9.09. The molecule has 4 amide bonds. The molecule has 10 heteroatoms. The summed E-state index contributed by atoms with van der Waals surface area (Å²) in [4.78, 5) is 48.5. The van der Waals surface area contributed by atoms with Crippen molar-refractivity contribution in [1.29, 1.82) is 0 Å². The number of hydrogen-bond donors (Lipinski definition) is 4. The van der Waals surface area contributed by atoms with E-state index in [1.54, 1.807) is 0 Å². The quantitative estimate of drug-likeness (QED) is 0.293. The molecule has 0 spiro atoms. The third-order valence-electron chi connectivity index (χ3n) is 5.96. The minimum absolute atomic E-state index is 0.0108. The Balaban J connectivity index is 1.71. The van der Waals surface area contributed by atoms with E-state index in [-0.39, 0.29) is 44.2 Å². The normalized spacial score (nSPS) is 12.9. The second-order valence-corrected chi connectivity index (χ2v) is 9.09. The number of fused-ring (bicyclic) bond motifs is 3. The molecule has 0 unspecified atom stereocenters. The van der Waals surface area contributed by atoms with Crippen LogP contribution in [0.15, 0.2) is 48.5 Å². The molecule has 3 rings (SSSR count). The number of amides is 4. The molecule has 10 nitrogen and oxygen atoms in total. The van der Waals surface area contributed by atoms with Crippen LogP contribution in [0.4, 0.5) is 9.59 Å². The van der Waals surface area contributed by atoms with Gasteiger partial charge in [-0.25, -0.2) is 24.8 Å². The largest absolute Gasteiger partial charge is 0.480 e. The maximum absolute atomic E-state index is 12.9. The zero-order chi connectivity index (χ0) is 26.2. The number of urea groups is 1. The minimum atomic E-state index is -1.34. The summed E-state index contributed by atoms with van der Waals surface area (Å²) >= 11 is 0. The Morgan fingerprint density at radius 3 is 2.14 bits per heavy atom. The third kappa shape index (κ3) is 6.53. The summed E-state index contributed by atoms with van der Waals surface area (Å²) in [7, 11) is 0. The highest BCUT2D eigenvalue weighted by Crippen LogP contribution is 2.44. The van der Waals surface area contributed by atoms with Crippen LogP contribution >= 0.6 is 0 Å². The van der Waals surface area contributed by atoms with Gasteiger partial charge in [0, 0.05) is 18.9 Å². The molecule has 0 saturated heterocycles. The molecule has 0 fully saturated rings. The maximum atomic E-state index is 12.9. The Kier molecular flexibility index (Phi) is 8.88. The SMILES string of the molecule is CC(C)CC(=O)N(NC(=O)OCC1c2ccccc2-c2ccccc21)[C@@H](CCCNC(N)=O)C(=O)O. The van der Waals surface area contributed by atoms with Crippen LogP contribution < -0.4 is 16.5 Å². The van der Waals surface area contributed by atoms with Gasteiger partial charge in [-0.1, -0.05) is 62.4 Å². The van der Waals surface area contributed by atoms with E-state index in [0.717, 1.165) is 27.3 Å². The Morgan fingerprint density at radius 2 is 1.61 bits per heavy atom. The number of carboxylic acids is 1.